The number of hydrogen-bond acceptors (Lipinski definition) is 7. The van der Waals surface area contributed by atoms with Crippen molar-refractivity contribution in [2.45, 2.75) is 6.92 Å². The van der Waals surface area contributed by atoms with Crippen LogP contribution in [0.15, 0.2) is 23.2 Å². The quantitative estimate of drug-likeness (QED) is 0.191. The van der Waals surface area contributed by atoms with Gasteiger partial charge in [-0.15, -0.1) is 11.6 Å². The Morgan fingerprint density at radius 2 is 2.13 bits per heavy atom. The van der Waals surface area contributed by atoms with Gasteiger partial charge in [-0.05, 0) is 25.1 Å². The van der Waals surface area contributed by atoms with Gasteiger partial charge in [-0.3, -0.25) is 0 Å². The molecule has 153 valence electrons. The van der Waals surface area contributed by atoms with Gasteiger partial charge in [0.2, 0.25) is 0 Å². The Bertz CT molecular complexity index is 1060. The third-order valence-corrected chi connectivity index (χ3v) is 4.01. The highest BCUT2D eigenvalue weighted by molar-refractivity contribution is 6.33. The van der Waals surface area contributed by atoms with Crippen LogP contribution in [0.5, 0.6) is 5.75 Å². The first kappa shape index (κ1) is 23.0. The number of halogens is 3. The van der Waals surface area contributed by atoms with Crippen LogP contribution in [0.2, 0.25) is 5.02 Å². The molecular formula is C20H13Cl2FN3O4. The van der Waals surface area contributed by atoms with E-state index in [2.05, 4.69) is 11.1 Å². The number of aliphatic imine (C=N–C) groups is 1. The maximum absolute atomic E-state index is 14.8. The zero-order valence-corrected chi connectivity index (χ0v) is 17.1. The molecule has 0 unspecified atom stereocenters. The van der Waals surface area contributed by atoms with Crippen molar-refractivity contribution in [1.29, 1.82) is 10.5 Å². The van der Waals surface area contributed by atoms with Crippen LogP contribution >= 0.6 is 23.2 Å². The lowest BCUT2D eigenvalue weighted by atomic mass is 9.97. The maximum atomic E-state index is 14.8. The lowest BCUT2D eigenvalue weighted by Gasteiger charge is -2.13. The molecular weight excluding hydrogens is 436 g/mol. The summed E-state index contributed by atoms with van der Waals surface area (Å²) in [6.07, 6.45) is 0.0102. The van der Waals surface area contributed by atoms with Crippen molar-refractivity contribution in [3.05, 3.63) is 46.2 Å². The molecule has 0 saturated carbocycles. The normalized spacial score (nSPS) is 10.3. The first-order valence-corrected chi connectivity index (χ1v) is 9.31. The van der Waals surface area contributed by atoms with Gasteiger partial charge in [0.1, 0.15) is 24.6 Å². The highest BCUT2D eigenvalue weighted by atomic mass is 35.5. The fourth-order valence-electron chi connectivity index (χ4n) is 2.31. The van der Waals surface area contributed by atoms with E-state index in [0.29, 0.717) is 6.61 Å². The van der Waals surface area contributed by atoms with Crippen LogP contribution in [0, 0.1) is 34.5 Å². The molecule has 0 heterocycles. The summed E-state index contributed by atoms with van der Waals surface area (Å²) in [5, 5.41) is 18.8. The van der Waals surface area contributed by atoms with Crippen LogP contribution in [0.1, 0.15) is 18.1 Å². The molecule has 2 aromatic carbocycles. The monoisotopic (exact) mass is 448 g/mol. The fourth-order valence-corrected chi connectivity index (χ4v) is 2.64. The van der Waals surface area contributed by atoms with E-state index in [1.165, 1.54) is 6.07 Å². The van der Waals surface area contributed by atoms with Gasteiger partial charge in [-0.1, -0.05) is 11.6 Å². The molecule has 0 N–H and O–H groups in total. The zero-order valence-electron chi connectivity index (χ0n) is 15.5. The van der Waals surface area contributed by atoms with Gasteiger partial charge in [-0.25, -0.2) is 14.2 Å². The summed E-state index contributed by atoms with van der Waals surface area (Å²) in [7, 11) is 0. The smallest absolute Gasteiger partial charge is 0.483 e. The fraction of sp³-hybridized carbons (Fsp3) is 0.200. The molecule has 0 aliphatic carbocycles. The molecule has 0 bridgehead atoms. The van der Waals surface area contributed by atoms with Crippen molar-refractivity contribution in [3.8, 4) is 29.0 Å². The third-order valence-electron chi connectivity index (χ3n) is 3.56. The van der Waals surface area contributed by atoms with Crippen molar-refractivity contribution < 1.29 is 23.4 Å². The number of rotatable bonds is 7. The van der Waals surface area contributed by atoms with E-state index in [0.717, 1.165) is 18.5 Å². The first-order valence-electron chi connectivity index (χ1n) is 8.39. The van der Waals surface area contributed by atoms with E-state index in [4.69, 9.17) is 37.4 Å². The van der Waals surface area contributed by atoms with Gasteiger partial charge in [0.15, 0.2) is 12.2 Å². The SMILES string of the molecule is CCOC=Nc1c[c]c(Cl)c(-c2cc(OC(=O)OCCCl)c(C#N)cc2F)c1C#N. The maximum Gasteiger partial charge on any atom is 0.513 e. The molecule has 30 heavy (non-hydrogen) atoms. The lowest BCUT2D eigenvalue weighted by molar-refractivity contribution is 0.105. The molecule has 2 aromatic rings. The third kappa shape index (κ3) is 5.38. The van der Waals surface area contributed by atoms with Crippen LogP contribution in [0.25, 0.3) is 11.1 Å². The van der Waals surface area contributed by atoms with Gasteiger partial charge in [-0.2, -0.15) is 10.5 Å². The molecule has 0 fully saturated rings. The van der Waals surface area contributed by atoms with Gasteiger partial charge in [0.05, 0.1) is 34.3 Å². The predicted octanol–water partition coefficient (Wildman–Crippen LogP) is 5.14. The second kappa shape index (κ2) is 11.0. The van der Waals surface area contributed by atoms with Gasteiger partial charge in [0, 0.05) is 17.2 Å². The van der Waals surface area contributed by atoms with Crippen LogP contribution in [0.4, 0.5) is 14.9 Å². The second-order valence-electron chi connectivity index (χ2n) is 5.37. The Hall–Kier alpha value is -3.33. The molecule has 0 aliphatic rings. The van der Waals surface area contributed by atoms with Crippen LogP contribution in [-0.4, -0.2) is 31.6 Å². The first-order chi connectivity index (χ1) is 14.5. The molecule has 0 aliphatic heterocycles. The summed E-state index contributed by atoms with van der Waals surface area (Å²) in [5.41, 5.74) is -0.415. The summed E-state index contributed by atoms with van der Waals surface area (Å²) < 4.78 is 29.5. The number of hydrogen-bond donors (Lipinski definition) is 0. The number of carbonyl (C=O) groups is 1. The largest absolute Gasteiger partial charge is 0.513 e. The Morgan fingerprint density at radius 3 is 2.77 bits per heavy atom. The summed E-state index contributed by atoms with van der Waals surface area (Å²) >= 11 is 11.6. The van der Waals surface area contributed by atoms with Crippen molar-refractivity contribution in [3.63, 3.8) is 0 Å². The van der Waals surface area contributed by atoms with E-state index in [1.54, 1.807) is 13.0 Å². The average molecular weight is 449 g/mol. The number of ether oxygens (including phenoxy) is 3. The average Bonchev–Trinajstić information content (AvgIpc) is 2.74. The Kier molecular flexibility index (Phi) is 8.42. The van der Waals surface area contributed by atoms with E-state index in [9.17, 15) is 19.7 Å². The summed E-state index contributed by atoms with van der Waals surface area (Å²) in [4.78, 5) is 15.7. The molecule has 0 saturated heterocycles. The number of alkyl halides is 1. The van der Waals surface area contributed by atoms with Crippen LogP contribution in [-0.2, 0) is 9.47 Å². The minimum Gasteiger partial charge on any atom is -0.483 e. The molecule has 10 heteroatoms. The molecule has 0 amide bonds. The number of nitrogens with zero attached hydrogens (tertiary/aromatic N) is 3. The molecule has 0 atom stereocenters. The van der Waals surface area contributed by atoms with Crippen molar-refractivity contribution in [2.75, 3.05) is 19.1 Å². The Balaban J connectivity index is 2.62. The minimum absolute atomic E-state index is 0.0359. The van der Waals surface area contributed by atoms with E-state index in [-0.39, 0.29) is 51.2 Å². The number of carbonyl (C=O) groups excluding carboxylic acids is 1. The van der Waals surface area contributed by atoms with Crippen LogP contribution in [0.3, 0.4) is 0 Å². The molecule has 1 radical (unpaired) electrons. The standard InChI is InChI=1S/C20H13Cl2FN3O4/c1-2-28-11-26-17-4-3-15(22)19(14(17)10-25)13-8-18(12(9-24)7-16(13)23)30-20(27)29-6-5-21/h4,7-8,11H,2,5-6H2,1H3. The van der Waals surface area contributed by atoms with Crippen molar-refractivity contribution in [2.24, 2.45) is 4.99 Å². The summed E-state index contributed by atoms with van der Waals surface area (Å²) in [6, 6.07) is 9.60. The minimum atomic E-state index is -1.13. The van der Waals surface area contributed by atoms with Crippen molar-refractivity contribution >= 4 is 41.4 Å². The van der Waals surface area contributed by atoms with Gasteiger partial charge in [0.25, 0.3) is 0 Å². The van der Waals surface area contributed by atoms with Gasteiger partial charge >= 0.3 is 6.16 Å². The van der Waals surface area contributed by atoms with Crippen molar-refractivity contribution in [1.82, 2.24) is 0 Å². The number of nitriles is 2. The molecule has 7 nitrogen and oxygen atoms in total. The Morgan fingerprint density at radius 1 is 1.37 bits per heavy atom. The topological polar surface area (TPSA) is 105 Å². The summed E-state index contributed by atoms with van der Waals surface area (Å²) in [6.45, 7) is 2.00. The molecule has 0 aromatic heterocycles. The molecule has 2 rings (SSSR count). The van der Waals surface area contributed by atoms with E-state index in [1.807, 2.05) is 6.07 Å². The Labute approximate surface area is 181 Å². The molecule has 0 spiro atoms. The van der Waals surface area contributed by atoms with Gasteiger partial charge < -0.3 is 14.2 Å². The summed E-state index contributed by atoms with van der Waals surface area (Å²) in [5.74, 6) is -1.11. The number of benzene rings is 2. The van der Waals surface area contributed by atoms with Crippen LogP contribution < -0.4 is 4.74 Å². The lowest BCUT2D eigenvalue weighted by Crippen LogP contribution is -2.13. The predicted molar refractivity (Wildman–Crippen MR) is 108 cm³/mol. The highest BCUT2D eigenvalue weighted by Gasteiger charge is 2.21. The van der Waals surface area contributed by atoms with E-state index >= 15 is 0 Å². The van der Waals surface area contributed by atoms with E-state index < -0.39 is 12.0 Å². The second-order valence-corrected chi connectivity index (χ2v) is 6.13. The highest BCUT2D eigenvalue weighted by Crippen LogP contribution is 2.39. The zero-order chi connectivity index (χ0) is 22.1.